The highest BCUT2D eigenvalue weighted by Gasteiger charge is 2.03. The molecule has 1 aromatic carbocycles. The van der Waals surface area contributed by atoms with Gasteiger partial charge in [-0.2, -0.15) is 0 Å². The third-order valence-electron chi connectivity index (χ3n) is 2.29. The van der Waals surface area contributed by atoms with Crippen LogP contribution in [0.15, 0.2) is 22.6 Å². The molecule has 2 aromatic rings. The summed E-state index contributed by atoms with van der Waals surface area (Å²) >= 11 is 5.16. The summed E-state index contributed by atoms with van der Waals surface area (Å²) in [7, 11) is 0. The monoisotopic (exact) mass is 249 g/mol. The lowest BCUT2D eigenvalue weighted by Crippen LogP contribution is -2.28. The van der Waals surface area contributed by atoms with Crippen molar-refractivity contribution in [3.05, 3.63) is 24.1 Å². The smallest absolute Gasteiger partial charge is 0.192 e. The number of nitrogens with one attached hydrogen (secondary N) is 2. The highest BCUT2D eigenvalue weighted by atomic mass is 32.1. The SMILES string of the molecule is CCCNC(=S)Nc1ccc2oc(C)nc2c1. The van der Waals surface area contributed by atoms with Crippen molar-refractivity contribution in [2.75, 3.05) is 11.9 Å². The minimum atomic E-state index is 0.631. The lowest BCUT2D eigenvalue weighted by atomic mass is 10.3. The van der Waals surface area contributed by atoms with Gasteiger partial charge >= 0.3 is 0 Å². The Morgan fingerprint density at radius 2 is 2.29 bits per heavy atom. The number of benzene rings is 1. The van der Waals surface area contributed by atoms with Crippen molar-refractivity contribution in [2.45, 2.75) is 20.3 Å². The largest absolute Gasteiger partial charge is 0.441 e. The zero-order chi connectivity index (χ0) is 12.3. The van der Waals surface area contributed by atoms with Gasteiger partial charge in [-0.05, 0) is 36.8 Å². The molecule has 2 N–H and O–H groups in total. The van der Waals surface area contributed by atoms with Gasteiger partial charge in [-0.1, -0.05) is 6.92 Å². The van der Waals surface area contributed by atoms with Crippen molar-refractivity contribution in [1.29, 1.82) is 0 Å². The third-order valence-corrected chi connectivity index (χ3v) is 2.53. The summed E-state index contributed by atoms with van der Waals surface area (Å²) in [5.41, 5.74) is 2.55. The van der Waals surface area contributed by atoms with Crippen molar-refractivity contribution in [1.82, 2.24) is 10.3 Å². The van der Waals surface area contributed by atoms with Crippen LogP contribution < -0.4 is 10.6 Å². The molecule has 0 saturated heterocycles. The predicted octanol–water partition coefficient (Wildman–Crippen LogP) is 2.83. The van der Waals surface area contributed by atoms with E-state index in [9.17, 15) is 0 Å². The molecule has 0 radical (unpaired) electrons. The van der Waals surface area contributed by atoms with Crippen molar-refractivity contribution in [3.8, 4) is 0 Å². The summed E-state index contributed by atoms with van der Waals surface area (Å²) in [5.74, 6) is 0.670. The minimum absolute atomic E-state index is 0.631. The molecule has 0 saturated carbocycles. The lowest BCUT2D eigenvalue weighted by Gasteiger charge is -2.08. The Labute approximate surface area is 105 Å². The van der Waals surface area contributed by atoms with E-state index >= 15 is 0 Å². The van der Waals surface area contributed by atoms with E-state index in [1.54, 1.807) is 0 Å². The molecule has 0 aliphatic rings. The normalized spacial score (nSPS) is 10.5. The van der Waals surface area contributed by atoms with E-state index < -0.39 is 0 Å². The Morgan fingerprint density at radius 3 is 3.06 bits per heavy atom. The average molecular weight is 249 g/mol. The van der Waals surface area contributed by atoms with E-state index in [1.807, 2.05) is 25.1 Å². The van der Waals surface area contributed by atoms with Gasteiger partial charge in [-0.15, -0.1) is 0 Å². The highest BCUT2D eigenvalue weighted by molar-refractivity contribution is 7.80. The maximum Gasteiger partial charge on any atom is 0.192 e. The van der Waals surface area contributed by atoms with Crippen LogP contribution in [0.1, 0.15) is 19.2 Å². The summed E-state index contributed by atoms with van der Waals surface area (Å²) in [6.45, 7) is 4.80. The van der Waals surface area contributed by atoms with Gasteiger partial charge in [0.1, 0.15) is 5.52 Å². The predicted molar refractivity (Wildman–Crippen MR) is 73.3 cm³/mol. The lowest BCUT2D eigenvalue weighted by molar-refractivity contribution is 0.561. The second-order valence-corrected chi connectivity index (χ2v) is 4.20. The van der Waals surface area contributed by atoms with E-state index in [1.165, 1.54) is 0 Å². The first-order valence-electron chi connectivity index (χ1n) is 5.61. The standard InChI is InChI=1S/C12H15N3OS/c1-3-6-13-12(17)15-9-4-5-11-10(7-9)14-8(2)16-11/h4-5,7H,3,6H2,1-2H3,(H2,13,15,17). The van der Waals surface area contributed by atoms with E-state index in [0.717, 1.165) is 29.8 Å². The summed E-state index contributed by atoms with van der Waals surface area (Å²) in [5, 5.41) is 6.86. The van der Waals surface area contributed by atoms with Gasteiger partial charge in [0.25, 0.3) is 0 Å². The Balaban J connectivity index is 2.10. The minimum Gasteiger partial charge on any atom is -0.441 e. The number of aryl methyl sites for hydroxylation is 1. The summed E-state index contributed by atoms with van der Waals surface area (Å²) in [6, 6.07) is 5.73. The molecular weight excluding hydrogens is 234 g/mol. The van der Waals surface area contributed by atoms with Gasteiger partial charge < -0.3 is 15.1 Å². The van der Waals surface area contributed by atoms with Gasteiger partial charge in [0, 0.05) is 19.2 Å². The molecule has 2 rings (SSSR count). The number of hydrogen-bond acceptors (Lipinski definition) is 3. The fourth-order valence-electron chi connectivity index (χ4n) is 1.53. The number of fused-ring (bicyclic) bond motifs is 1. The van der Waals surface area contributed by atoms with Gasteiger partial charge in [-0.3, -0.25) is 0 Å². The summed E-state index contributed by atoms with van der Waals surface area (Å²) < 4.78 is 5.41. The van der Waals surface area contributed by atoms with Crippen LogP contribution in [-0.4, -0.2) is 16.6 Å². The van der Waals surface area contributed by atoms with Gasteiger partial charge in [0.15, 0.2) is 16.6 Å². The highest BCUT2D eigenvalue weighted by Crippen LogP contribution is 2.19. The van der Waals surface area contributed by atoms with E-state index in [-0.39, 0.29) is 0 Å². The van der Waals surface area contributed by atoms with Crippen LogP contribution in [0.2, 0.25) is 0 Å². The van der Waals surface area contributed by atoms with Crippen LogP contribution in [-0.2, 0) is 0 Å². The third kappa shape index (κ3) is 2.94. The maximum atomic E-state index is 5.41. The second kappa shape index (κ2) is 5.14. The Kier molecular flexibility index (Phi) is 3.58. The molecule has 0 fully saturated rings. The molecule has 0 unspecified atom stereocenters. The first-order chi connectivity index (χ1) is 8.19. The molecule has 4 nitrogen and oxygen atoms in total. The summed E-state index contributed by atoms with van der Waals surface area (Å²) in [4.78, 5) is 4.27. The molecule has 0 atom stereocenters. The van der Waals surface area contributed by atoms with Crippen LogP contribution >= 0.6 is 12.2 Å². The van der Waals surface area contributed by atoms with Crippen LogP contribution in [0.3, 0.4) is 0 Å². The molecular formula is C12H15N3OS. The summed E-state index contributed by atoms with van der Waals surface area (Å²) in [6.07, 6.45) is 1.04. The molecule has 0 spiro atoms. The Hall–Kier alpha value is -1.62. The molecule has 17 heavy (non-hydrogen) atoms. The Bertz CT molecular complexity index is 536. The Morgan fingerprint density at radius 1 is 1.47 bits per heavy atom. The number of thiocarbonyl (C=S) groups is 1. The molecule has 0 aliphatic heterocycles. The van der Waals surface area contributed by atoms with Gasteiger partial charge in [0.2, 0.25) is 0 Å². The quantitative estimate of drug-likeness (QED) is 0.819. The first-order valence-corrected chi connectivity index (χ1v) is 6.02. The average Bonchev–Trinajstić information content (AvgIpc) is 2.65. The fourth-order valence-corrected chi connectivity index (χ4v) is 1.75. The zero-order valence-electron chi connectivity index (χ0n) is 9.91. The molecule has 0 bridgehead atoms. The molecule has 5 heteroatoms. The van der Waals surface area contributed by atoms with E-state index in [2.05, 4.69) is 22.5 Å². The molecule has 90 valence electrons. The van der Waals surface area contributed by atoms with E-state index in [0.29, 0.717) is 11.0 Å². The molecule has 1 heterocycles. The van der Waals surface area contributed by atoms with Crippen LogP contribution in [0, 0.1) is 6.92 Å². The number of nitrogens with zero attached hydrogens (tertiary/aromatic N) is 1. The van der Waals surface area contributed by atoms with E-state index in [4.69, 9.17) is 16.6 Å². The van der Waals surface area contributed by atoms with Gasteiger partial charge in [0.05, 0.1) is 0 Å². The second-order valence-electron chi connectivity index (χ2n) is 3.80. The van der Waals surface area contributed by atoms with Crippen molar-refractivity contribution < 1.29 is 4.42 Å². The number of anilines is 1. The number of aromatic nitrogens is 1. The number of oxazole rings is 1. The first kappa shape index (κ1) is 11.9. The molecule has 0 aliphatic carbocycles. The van der Waals surface area contributed by atoms with Crippen molar-refractivity contribution in [3.63, 3.8) is 0 Å². The van der Waals surface area contributed by atoms with Crippen LogP contribution in [0.25, 0.3) is 11.1 Å². The molecule has 0 amide bonds. The number of rotatable bonds is 3. The van der Waals surface area contributed by atoms with Crippen LogP contribution in [0.5, 0.6) is 0 Å². The van der Waals surface area contributed by atoms with Crippen molar-refractivity contribution in [2.24, 2.45) is 0 Å². The maximum absolute atomic E-state index is 5.41. The molecule has 1 aromatic heterocycles. The van der Waals surface area contributed by atoms with Crippen molar-refractivity contribution >= 4 is 34.1 Å². The topological polar surface area (TPSA) is 50.1 Å². The number of hydrogen-bond donors (Lipinski definition) is 2. The fraction of sp³-hybridized carbons (Fsp3) is 0.333. The van der Waals surface area contributed by atoms with Gasteiger partial charge in [-0.25, -0.2) is 4.98 Å². The van der Waals surface area contributed by atoms with Crippen LogP contribution in [0.4, 0.5) is 5.69 Å². The zero-order valence-corrected chi connectivity index (χ0v) is 10.7.